The van der Waals surface area contributed by atoms with Crippen LogP contribution in [0.2, 0.25) is 0 Å². The predicted molar refractivity (Wildman–Crippen MR) is 78.2 cm³/mol. The largest absolute Gasteiger partial charge is 0.543 e. The Morgan fingerprint density at radius 1 is 1.38 bits per heavy atom. The van der Waals surface area contributed by atoms with E-state index in [1.54, 1.807) is 18.2 Å². The number of thiazole rings is 1. The molecule has 0 spiro atoms. The third-order valence-electron chi connectivity index (χ3n) is 2.62. The van der Waals surface area contributed by atoms with Crippen LogP contribution in [0.4, 0.5) is 5.69 Å². The second-order valence-electron chi connectivity index (χ2n) is 4.84. The Labute approximate surface area is 126 Å². The zero-order valence-corrected chi connectivity index (χ0v) is 12.5. The summed E-state index contributed by atoms with van der Waals surface area (Å²) in [7, 11) is 3.79. The van der Waals surface area contributed by atoms with Crippen LogP contribution in [0.3, 0.4) is 0 Å². The van der Waals surface area contributed by atoms with Gasteiger partial charge in [0.15, 0.2) is 6.54 Å². The number of amides is 1. The van der Waals surface area contributed by atoms with Crippen LogP contribution < -0.4 is 15.3 Å². The number of rotatable bonds is 5. The van der Waals surface area contributed by atoms with Gasteiger partial charge in [0.05, 0.1) is 25.8 Å². The Bertz CT molecular complexity index is 667. The topological polar surface area (TPSA) is 86.6 Å². The van der Waals surface area contributed by atoms with E-state index in [2.05, 4.69) is 10.3 Å². The van der Waals surface area contributed by atoms with Crippen LogP contribution in [-0.4, -0.2) is 37.5 Å². The van der Waals surface area contributed by atoms with Crippen LogP contribution in [0.5, 0.6) is 0 Å². The molecule has 0 radical (unpaired) electrons. The molecule has 0 bridgehead atoms. The smallest absolute Gasteiger partial charge is 0.279 e. The van der Waals surface area contributed by atoms with Crippen LogP contribution in [0.15, 0.2) is 29.6 Å². The first kappa shape index (κ1) is 15.1. The standard InChI is InChI=1S/C14H15N3O3S/c1-17(2)7-12(18)15-10-5-3-4-9(6-10)13-16-11(8-21-13)14(19)20/h3-6,8H,7H2,1-2H3,(H,15,18)(H,19,20). The van der Waals surface area contributed by atoms with Crippen LogP contribution >= 0.6 is 11.3 Å². The van der Waals surface area contributed by atoms with Crippen LogP contribution in [0.25, 0.3) is 10.6 Å². The summed E-state index contributed by atoms with van der Waals surface area (Å²) in [5, 5.41) is 15.5. The summed E-state index contributed by atoms with van der Waals surface area (Å²) in [4.78, 5) is 27.5. The highest BCUT2D eigenvalue weighted by Gasteiger charge is 2.09. The van der Waals surface area contributed by atoms with E-state index >= 15 is 0 Å². The highest BCUT2D eigenvalue weighted by Crippen LogP contribution is 2.25. The Kier molecular flexibility index (Phi) is 4.66. The van der Waals surface area contributed by atoms with Gasteiger partial charge >= 0.3 is 0 Å². The van der Waals surface area contributed by atoms with E-state index in [4.69, 9.17) is 0 Å². The Morgan fingerprint density at radius 2 is 2.14 bits per heavy atom. The van der Waals surface area contributed by atoms with E-state index < -0.39 is 5.97 Å². The highest BCUT2D eigenvalue weighted by molar-refractivity contribution is 7.13. The third kappa shape index (κ3) is 4.11. The second-order valence-corrected chi connectivity index (χ2v) is 5.70. The number of quaternary nitrogens is 1. The monoisotopic (exact) mass is 305 g/mol. The Balaban J connectivity index is 2.17. The van der Waals surface area contributed by atoms with Gasteiger partial charge in [0.2, 0.25) is 0 Å². The van der Waals surface area contributed by atoms with Crippen molar-refractivity contribution in [3.05, 3.63) is 35.3 Å². The lowest BCUT2D eigenvalue weighted by atomic mass is 10.2. The highest BCUT2D eigenvalue weighted by atomic mass is 32.1. The number of carbonyl (C=O) groups is 2. The molecule has 0 aliphatic carbocycles. The fourth-order valence-electron chi connectivity index (χ4n) is 1.76. The fourth-order valence-corrected chi connectivity index (χ4v) is 2.54. The lowest BCUT2D eigenvalue weighted by Crippen LogP contribution is -3.06. The van der Waals surface area contributed by atoms with E-state index in [1.807, 2.05) is 20.2 Å². The normalized spacial score (nSPS) is 10.6. The van der Waals surface area contributed by atoms with Crippen molar-refractivity contribution >= 4 is 28.9 Å². The van der Waals surface area contributed by atoms with Crippen molar-refractivity contribution < 1.29 is 19.6 Å². The first-order valence-electron chi connectivity index (χ1n) is 6.32. The number of nitrogens with zero attached hydrogens (tertiary/aromatic N) is 1. The van der Waals surface area contributed by atoms with E-state index in [0.717, 1.165) is 10.5 Å². The number of aromatic nitrogens is 1. The molecule has 1 aromatic carbocycles. The average molecular weight is 305 g/mol. The summed E-state index contributed by atoms with van der Waals surface area (Å²) in [6, 6.07) is 7.14. The van der Waals surface area contributed by atoms with Crippen molar-refractivity contribution in [2.45, 2.75) is 0 Å². The molecule has 0 aliphatic rings. The molecule has 0 unspecified atom stereocenters. The van der Waals surface area contributed by atoms with Gasteiger partial charge in [0, 0.05) is 16.6 Å². The van der Waals surface area contributed by atoms with E-state index in [1.165, 1.54) is 16.7 Å². The molecule has 2 N–H and O–H groups in total. The zero-order valence-electron chi connectivity index (χ0n) is 11.7. The summed E-state index contributed by atoms with van der Waals surface area (Å²) in [6.45, 7) is 0.371. The van der Waals surface area contributed by atoms with Gasteiger partial charge < -0.3 is 20.1 Å². The summed E-state index contributed by atoms with van der Waals surface area (Å²) < 4.78 is 0. The first-order chi connectivity index (χ1) is 9.95. The lowest BCUT2D eigenvalue weighted by molar-refractivity contribution is -0.849. The van der Waals surface area contributed by atoms with Gasteiger partial charge in [-0.15, -0.1) is 11.3 Å². The van der Waals surface area contributed by atoms with Gasteiger partial charge in [0.25, 0.3) is 5.91 Å². The number of nitrogens with one attached hydrogen (secondary N) is 2. The molecular weight excluding hydrogens is 290 g/mol. The molecule has 21 heavy (non-hydrogen) atoms. The summed E-state index contributed by atoms with van der Waals surface area (Å²) in [5.41, 5.74) is 1.33. The van der Waals surface area contributed by atoms with E-state index in [0.29, 0.717) is 17.2 Å². The maximum Gasteiger partial charge on any atom is 0.279 e. The zero-order chi connectivity index (χ0) is 15.4. The number of carboxylic acid groups (broad SMARTS) is 1. The maximum atomic E-state index is 11.7. The van der Waals surface area contributed by atoms with Gasteiger partial charge in [-0.2, -0.15) is 0 Å². The van der Waals surface area contributed by atoms with Crippen LogP contribution in [-0.2, 0) is 4.79 Å². The molecule has 0 aliphatic heterocycles. The second kappa shape index (κ2) is 6.47. The van der Waals surface area contributed by atoms with Gasteiger partial charge in [0.1, 0.15) is 5.01 Å². The third-order valence-corrected chi connectivity index (χ3v) is 3.51. The predicted octanol–water partition coefficient (Wildman–Crippen LogP) is -0.743. The molecule has 2 rings (SSSR count). The summed E-state index contributed by atoms with van der Waals surface area (Å²) in [5.74, 6) is -1.38. The molecule has 2 aromatic rings. The minimum absolute atomic E-state index is 0.0817. The molecule has 6 nitrogen and oxygen atoms in total. The molecule has 0 atom stereocenters. The van der Waals surface area contributed by atoms with Crippen molar-refractivity contribution in [2.75, 3.05) is 26.0 Å². The molecule has 0 saturated heterocycles. The summed E-state index contributed by atoms with van der Waals surface area (Å²) in [6.07, 6.45) is 0. The number of hydrogen-bond acceptors (Lipinski definition) is 5. The molecule has 1 heterocycles. The van der Waals surface area contributed by atoms with Crippen LogP contribution in [0.1, 0.15) is 10.5 Å². The SMILES string of the molecule is C[NH+](C)CC(=O)Nc1cccc(-c2nc(C(=O)[O-])cs2)c1. The van der Waals surface area contributed by atoms with Gasteiger partial charge in [-0.25, -0.2) is 4.98 Å². The van der Waals surface area contributed by atoms with Gasteiger partial charge in [-0.1, -0.05) is 12.1 Å². The molecule has 110 valence electrons. The van der Waals surface area contributed by atoms with Crippen molar-refractivity contribution in [2.24, 2.45) is 0 Å². The number of benzene rings is 1. The molecule has 7 heteroatoms. The van der Waals surface area contributed by atoms with Crippen molar-refractivity contribution in [3.63, 3.8) is 0 Å². The minimum atomic E-state index is -1.30. The minimum Gasteiger partial charge on any atom is -0.543 e. The van der Waals surface area contributed by atoms with Crippen molar-refractivity contribution in [1.82, 2.24) is 4.98 Å². The number of aromatic carboxylic acids is 1. The fraction of sp³-hybridized carbons (Fsp3) is 0.214. The van der Waals surface area contributed by atoms with Gasteiger partial charge in [-0.05, 0) is 12.1 Å². The van der Waals surface area contributed by atoms with Gasteiger partial charge in [-0.3, -0.25) is 4.79 Å². The molecule has 1 amide bonds. The van der Waals surface area contributed by atoms with E-state index in [-0.39, 0.29) is 11.6 Å². The Morgan fingerprint density at radius 3 is 2.76 bits per heavy atom. The average Bonchev–Trinajstić information content (AvgIpc) is 2.87. The number of carboxylic acids is 1. The Hall–Kier alpha value is -2.25. The molecule has 0 saturated carbocycles. The molecule has 0 fully saturated rings. The lowest BCUT2D eigenvalue weighted by Gasteiger charge is -2.08. The van der Waals surface area contributed by atoms with Crippen molar-refractivity contribution in [3.8, 4) is 10.6 Å². The number of anilines is 1. The van der Waals surface area contributed by atoms with Crippen LogP contribution in [0, 0.1) is 0 Å². The van der Waals surface area contributed by atoms with E-state index in [9.17, 15) is 14.7 Å². The molecular formula is C14H15N3O3S. The van der Waals surface area contributed by atoms with Crippen molar-refractivity contribution in [1.29, 1.82) is 0 Å². The molecule has 1 aromatic heterocycles. The number of carbonyl (C=O) groups excluding carboxylic acids is 2. The maximum absolute atomic E-state index is 11.7. The summed E-state index contributed by atoms with van der Waals surface area (Å²) >= 11 is 1.22. The number of hydrogen-bond donors (Lipinski definition) is 2. The first-order valence-corrected chi connectivity index (χ1v) is 7.20. The quantitative estimate of drug-likeness (QED) is 0.761. The number of likely N-dealkylation sites (N-methyl/N-ethyl adjacent to an activating group) is 1.